The molecule has 2 aromatic rings. The molecule has 0 radical (unpaired) electrons. The Kier molecular flexibility index (Phi) is 2.80. The first-order valence-corrected chi connectivity index (χ1v) is 6.22. The minimum Gasteiger partial charge on any atom is -0.378 e. The van der Waals surface area contributed by atoms with Crippen LogP contribution in [-0.2, 0) is 11.3 Å². The lowest BCUT2D eigenvalue weighted by Crippen LogP contribution is -2.08. The van der Waals surface area contributed by atoms with Crippen LogP contribution in [0, 0.1) is 0 Å². The van der Waals surface area contributed by atoms with Crippen molar-refractivity contribution in [3.8, 4) is 0 Å². The van der Waals surface area contributed by atoms with Crippen molar-refractivity contribution in [2.24, 2.45) is 0 Å². The average Bonchev–Trinajstić information content (AvgIpc) is 2.82. The Morgan fingerprint density at radius 2 is 1.72 bits per heavy atom. The molecule has 3 rings (SSSR count). The first-order valence-electron chi connectivity index (χ1n) is 6.22. The third-order valence-corrected chi connectivity index (χ3v) is 3.46. The maximum atomic E-state index is 5.90. The summed E-state index contributed by atoms with van der Waals surface area (Å²) < 4.78 is 5.90. The van der Waals surface area contributed by atoms with Crippen LogP contribution in [0.5, 0.6) is 0 Å². The van der Waals surface area contributed by atoms with E-state index < -0.39 is 0 Å². The van der Waals surface area contributed by atoms with Crippen molar-refractivity contribution in [3.63, 3.8) is 0 Å². The van der Waals surface area contributed by atoms with Crippen LogP contribution in [0.1, 0.15) is 22.8 Å². The lowest BCUT2D eigenvalue weighted by Gasteiger charge is -2.15. The number of hydrogen-bond acceptors (Lipinski definition) is 2. The molecule has 0 aromatic heterocycles. The van der Waals surface area contributed by atoms with Gasteiger partial charge in [-0.25, -0.2) is 0 Å². The largest absolute Gasteiger partial charge is 0.378 e. The summed E-state index contributed by atoms with van der Waals surface area (Å²) in [7, 11) is 4.10. The molecular weight excluding hydrogens is 222 g/mol. The van der Waals surface area contributed by atoms with Gasteiger partial charge in [0.05, 0.1) is 6.61 Å². The standard InChI is InChI=1S/C16H17NO/c1-17(2)14-9-7-12(8-10-14)16-15-6-4-3-5-13(15)11-18-16/h3-10,16H,11H2,1-2H3. The van der Waals surface area contributed by atoms with Crippen LogP contribution in [-0.4, -0.2) is 14.1 Å². The summed E-state index contributed by atoms with van der Waals surface area (Å²) >= 11 is 0. The van der Waals surface area contributed by atoms with E-state index in [1.54, 1.807) is 0 Å². The van der Waals surface area contributed by atoms with Crippen LogP contribution in [0.15, 0.2) is 48.5 Å². The minimum atomic E-state index is 0.0948. The van der Waals surface area contributed by atoms with E-state index in [2.05, 4.69) is 67.5 Å². The minimum absolute atomic E-state index is 0.0948. The molecule has 18 heavy (non-hydrogen) atoms. The van der Waals surface area contributed by atoms with Crippen LogP contribution in [0.25, 0.3) is 0 Å². The Morgan fingerprint density at radius 1 is 1.00 bits per heavy atom. The van der Waals surface area contributed by atoms with Crippen molar-refractivity contribution >= 4 is 5.69 Å². The van der Waals surface area contributed by atoms with Crippen LogP contribution in [0.4, 0.5) is 5.69 Å². The van der Waals surface area contributed by atoms with Crippen molar-refractivity contribution < 1.29 is 4.74 Å². The highest BCUT2D eigenvalue weighted by atomic mass is 16.5. The van der Waals surface area contributed by atoms with Gasteiger partial charge in [0.15, 0.2) is 0 Å². The normalized spacial score (nSPS) is 17.6. The fourth-order valence-electron chi connectivity index (χ4n) is 2.41. The molecule has 2 aromatic carbocycles. The molecule has 1 atom stereocenters. The summed E-state index contributed by atoms with van der Waals surface area (Å²) in [5, 5.41) is 0. The van der Waals surface area contributed by atoms with Gasteiger partial charge < -0.3 is 9.64 Å². The maximum Gasteiger partial charge on any atom is 0.108 e. The fourth-order valence-corrected chi connectivity index (χ4v) is 2.41. The van der Waals surface area contributed by atoms with Crippen LogP contribution >= 0.6 is 0 Å². The Morgan fingerprint density at radius 3 is 2.44 bits per heavy atom. The van der Waals surface area contributed by atoms with Crippen LogP contribution < -0.4 is 4.90 Å². The molecule has 2 heteroatoms. The molecule has 1 aliphatic heterocycles. The van der Waals surface area contributed by atoms with Gasteiger partial charge in [0.1, 0.15) is 6.10 Å². The van der Waals surface area contributed by atoms with E-state index in [1.165, 1.54) is 22.4 Å². The zero-order valence-electron chi connectivity index (χ0n) is 10.8. The number of ether oxygens (including phenoxy) is 1. The van der Waals surface area contributed by atoms with Gasteiger partial charge >= 0.3 is 0 Å². The Labute approximate surface area is 108 Å². The predicted octanol–water partition coefficient (Wildman–Crippen LogP) is 3.37. The van der Waals surface area contributed by atoms with E-state index in [1.807, 2.05) is 0 Å². The number of hydrogen-bond donors (Lipinski definition) is 0. The monoisotopic (exact) mass is 239 g/mol. The molecule has 0 N–H and O–H groups in total. The fraction of sp³-hybridized carbons (Fsp3) is 0.250. The zero-order chi connectivity index (χ0) is 12.5. The second-order valence-electron chi connectivity index (χ2n) is 4.88. The highest BCUT2D eigenvalue weighted by molar-refractivity contribution is 5.48. The number of nitrogens with zero attached hydrogens (tertiary/aromatic N) is 1. The van der Waals surface area contributed by atoms with Crippen molar-refractivity contribution in [1.29, 1.82) is 0 Å². The molecular formula is C16H17NO. The summed E-state index contributed by atoms with van der Waals surface area (Å²) in [6, 6.07) is 17.0. The molecule has 0 bridgehead atoms. The average molecular weight is 239 g/mol. The van der Waals surface area contributed by atoms with E-state index in [9.17, 15) is 0 Å². The van der Waals surface area contributed by atoms with E-state index in [-0.39, 0.29) is 6.10 Å². The first-order chi connectivity index (χ1) is 8.75. The maximum absolute atomic E-state index is 5.90. The number of rotatable bonds is 2. The zero-order valence-corrected chi connectivity index (χ0v) is 10.8. The van der Waals surface area contributed by atoms with Gasteiger partial charge in [-0.2, -0.15) is 0 Å². The highest BCUT2D eigenvalue weighted by Crippen LogP contribution is 2.35. The predicted molar refractivity (Wildman–Crippen MR) is 73.8 cm³/mol. The smallest absolute Gasteiger partial charge is 0.108 e. The summed E-state index contributed by atoms with van der Waals surface area (Å²) in [5.41, 5.74) is 5.05. The van der Waals surface area contributed by atoms with E-state index >= 15 is 0 Å². The Hall–Kier alpha value is -1.80. The molecule has 0 aliphatic carbocycles. The van der Waals surface area contributed by atoms with Crippen LogP contribution in [0.3, 0.4) is 0 Å². The number of benzene rings is 2. The molecule has 0 spiro atoms. The quantitative estimate of drug-likeness (QED) is 0.796. The van der Waals surface area contributed by atoms with Crippen molar-refractivity contribution in [3.05, 3.63) is 65.2 Å². The van der Waals surface area contributed by atoms with E-state index in [0.717, 1.165) is 6.61 Å². The molecule has 2 nitrogen and oxygen atoms in total. The van der Waals surface area contributed by atoms with Gasteiger partial charge in [0.25, 0.3) is 0 Å². The third kappa shape index (κ3) is 1.89. The topological polar surface area (TPSA) is 12.5 Å². The van der Waals surface area contributed by atoms with Crippen molar-refractivity contribution in [1.82, 2.24) is 0 Å². The molecule has 1 aliphatic rings. The van der Waals surface area contributed by atoms with E-state index in [4.69, 9.17) is 4.74 Å². The number of anilines is 1. The van der Waals surface area contributed by atoms with Crippen LogP contribution in [0.2, 0.25) is 0 Å². The van der Waals surface area contributed by atoms with Gasteiger partial charge in [0.2, 0.25) is 0 Å². The van der Waals surface area contributed by atoms with Gasteiger partial charge in [-0.15, -0.1) is 0 Å². The molecule has 1 heterocycles. The summed E-state index contributed by atoms with van der Waals surface area (Å²) in [4.78, 5) is 2.10. The lowest BCUT2D eigenvalue weighted by atomic mass is 9.99. The SMILES string of the molecule is CN(C)c1ccc(C2OCc3ccccc32)cc1. The van der Waals surface area contributed by atoms with Gasteiger partial charge in [-0.3, -0.25) is 0 Å². The molecule has 0 amide bonds. The summed E-state index contributed by atoms with van der Waals surface area (Å²) in [6.45, 7) is 0.719. The van der Waals surface area contributed by atoms with E-state index in [0.29, 0.717) is 0 Å². The summed E-state index contributed by atoms with van der Waals surface area (Å²) in [6.07, 6.45) is 0.0948. The molecule has 92 valence electrons. The van der Waals surface area contributed by atoms with Crippen molar-refractivity contribution in [2.75, 3.05) is 19.0 Å². The Bertz CT molecular complexity index is 545. The summed E-state index contributed by atoms with van der Waals surface area (Å²) in [5.74, 6) is 0. The van der Waals surface area contributed by atoms with Gasteiger partial charge in [-0.1, -0.05) is 36.4 Å². The first kappa shape index (κ1) is 11.3. The second-order valence-corrected chi connectivity index (χ2v) is 4.88. The van der Waals surface area contributed by atoms with Crippen molar-refractivity contribution in [2.45, 2.75) is 12.7 Å². The molecule has 0 fully saturated rings. The third-order valence-electron chi connectivity index (χ3n) is 3.46. The second kappa shape index (κ2) is 4.46. The van der Waals surface area contributed by atoms with Gasteiger partial charge in [0, 0.05) is 19.8 Å². The molecule has 0 saturated heterocycles. The highest BCUT2D eigenvalue weighted by Gasteiger charge is 2.23. The van der Waals surface area contributed by atoms with Gasteiger partial charge in [-0.05, 0) is 28.8 Å². The molecule has 1 unspecified atom stereocenters. The Balaban J connectivity index is 1.93. The lowest BCUT2D eigenvalue weighted by molar-refractivity contribution is 0.0939. The molecule has 0 saturated carbocycles. The number of fused-ring (bicyclic) bond motifs is 1.